The predicted octanol–water partition coefficient (Wildman–Crippen LogP) is 5.37. The van der Waals surface area contributed by atoms with Crippen LogP contribution in [-0.4, -0.2) is 16.9 Å². The van der Waals surface area contributed by atoms with Crippen molar-refractivity contribution >= 4 is 5.91 Å². The van der Waals surface area contributed by atoms with E-state index in [0.717, 1.165) is 49.1 Å². The number of rotatable bonds is 7. The number of carbonyl (C=O) groups is 1. The van der Waals surface area contributed by atoms with Gasteiger partial charge in [-0.25, -0.2) is 4.98 Å². The lowest BCUT2D eigenvalue weighted by Gasteiger charge is -2.15. The van der Waals surface area contributed by atoms with Gasteiger partial charge in [-0.3, -0.25) is 4.79 Å². The molecule has 27 heavy (non-hydrogen) atoms. The second-order valence-corrected chi connectivity index (χ2v) is 7.68. The minimum atomic E-state index is 0.179. The third-order valence-corrected chi connectivity index (χ3v) is 5.54. The van der Waals surface area contributed by atoms with Gasteiger partial charge in [-0.2, -0.15) is 0 Å². The van der Waals surface area contributed by atoms with Gasteiger partial charge in [-0.05, 0) is 56.7 Å². The lowest BCUT2D eigenvalue weighted by Crippen LogP contribution is -2.34. The zero-order valence-electron chi connectivity index (χ0n) is 16.7. The number of nitrogens with one attached hydrogen (secondary N) is 1. The van der Waals surface area contributed by atoms with E-state index in [1.807, 2.05) is 6.92 Å². The maximum Gasteiger partial charge on any atom is 0.226 e. The van der Waals surface area contributed by atoms with Gasteiger partial charge >= 0.3 is 0 Å². The van der Waals surface area contributed by atoms with Crippen LogP contribution in [0.3, 0.4) is 0 Å². The Labute approximate surface area is 162 Å². The molecule has 1 saturated carbocycles. The van der Waals surface area contributed by atoms with Gasteiger partial charge in [0, 0.05) is 18.0 Å². The summed E-state index contributed by atoms with van der Waals surface area (Å²) in [5, 5.41) is 3.22. The van der Waals surface area contributed by atoms with Crippen molar-refractivity contribution in [2.24, 2.45) is 0 Å². The first-order chi connectivity index (χ1) is 13.2. The van der Waals surface area contributed by atoms with Crippen molar-refractivity contribution in [3.05, 3.63) is 41.3 Å². The highest BCUT2D eigenvalue weighted by Gasteiger charge is 2.15. The number of carbonyl (C=O) groups excluding carboxylic acids is 1. The van der Waals surface area contributed by atoms with Crippen LogP contribution in [-0.2, 0) is 17.6 Å². The first-order valence-corrected chi connectivity index (χ1v) is 10.5. The zero-order chi connectivity index (χ0) is 19.1. The van der Waals surface area contributed by atoms with Crippen LogP contribution in [0.4, 0.5) is 0 Å². The minimum Gasteiger partial charge on any atom is -0.441 e. The molecule has 1 aromatic heterocycles. The van der Waals surface area contributed by atoms with E-state index < -0.39 is 0 Å². The summed E-state index contributed by atoms with van der Waals surface area (Å²) in [5.74, 6) is 1.71. The Morgan fingerprint density at radius 2 is 1.85 bits per heavy atom. The molecule has 1 aliphatic rings. The molecule has 3 rings (SSSR count). The average molecular weight is 369 g/mol. The standard InChI is InChI=1S/C23H32N2O2/c1-3-18-13-15-19(16-14-18)23-25-21(17(2)27-23)11-8-12-22(26)24-20-9-6-4-5-7-10-20/h13-16,20H,3-12H2,1-2H3,(H,24,26). The Kier molecular flexibility index (Phi) is 7.08. The molecule has 0 bridgehead atoms. The quantitative estimate of drug-likeness (QED) is 0.668. The summed E-state index contributed by atoms with van der Waals surface area (Å²) >= 11 is 0. The summed E-state index contributed by atoms with van der Waals surface area (Å²) < 4.78 is 5.86. The summed E-state index contributed by atoms with van der Waals surface area (Å²) in [5.41, 5.74) is 3.28. The Balaban J connectivity index is 1.49. The lowest BCUT2D eigenvalue weighted by molar-refractivity contribution is -0.122. The number of aryl methyl sites for hydroxylation is 3. The topological polar surface area (TPSA) is 55.1 Å². The first-order valence-electron chi connectivity index (χ1n) is 10.5. The average Bonchev–Trinajstić information content (AvgIpc) is 2.87. The van der Waals surface area contributed by atoms with Crippen molar-refractivity contribution in [1.82, 2.24) is 10.3 Å². The van der Waals surface area contributed by atoms with Crippen LogP contribution in [0.5, 0.6) is 0 Å². The fraction of sp³-hybridized carbons (Fsp3) is 0.565. The van der Waals surface area contributed by atoms with Crippen LogP contribution in [0.25, 0.3) is 11.5 Å². The molecular formula is C23H32N2O2. The number of aromatic nitrogens is 1. The molecule has 0 aliphatic heterocycles. The number of nitrogens with zero attached hydrogens (tertiary/aromatic N) is 1. The van der Waals surface area contributed by atoms with E-state index in [9.17, 15) is 4.79 Å². The molecule has 1 amide bonds. The molecule has 4 nitrogen and oxygen atoms in total. The van der Waals surface area contributed by atoms with Crippen LogP contribution >= 0.6 is 0 Å². The highest BCUT2D eigenvalue weighted by atomic mass is 16.4. The van der Waals surface area contributed by atoms with E-state index >= 15 is 0 Å². The van der Waals surface area contributed by atoms with Gasteiger partial charge in [-0.15, -0.1) is 0 Å². The summed E-state index contributed by atoms with van der Waals surface area (Å²) in [7, 11) is 0. The summed E-state index contributed by atoms with van der Waals surface area (Å²) in [6.45, 7) is 4.10. The van der Waals surface area contributed by atoms with Crippen LogP contribution in [0.15, 0.2) is 28.7 Å². The van der Waals surface area contributed by atoms with Crippen LogP contribution in [0, 0.1) is 6.92 Å². The van der Waals surface area contributed by atoms with Crippen molar-refractivity contribution in [3.63, 3.8) is 0 Å². The minimum absolute atomic E-state index is 0.179. The molecule has 1 heterocycles. The lowest BCUT2D eigenvalue weighted by atomic mass is 10.1. The van der Waals surface area contributed by atoms with E-state index in [-0.39, 0.29) is 5.91 Å². The Hall–Kier alpha value is -2.10. The van der Waals surface area contributed by atoms with E-state index in [1.165, 1.54) is 31.2 Å². The zero-order valence-corrected chi connectivity index (χ0v) is 16.7. The normalized spacial score (nSPS) is 15.5. The molecular weight excluding hydrogens is 336 g/mol. The largest absolute Gasteiger partial charge is 0.441 e. The maximum atomic E-state index is 12.2. The molecule has 146 valence electrons. The summed E-state index contributed by atoms with van der Waals surface area (Å²) in [6, 6.07) is 8.74. The Bertz CT molecular complexity index is 725. The Morgan fingerprint density at radius 3 is 2.52 bits per heavy atom. The van der Waals surface area contributed by atoms with Crippen LogP contribution < -0.4 is 5.32 Å². The van der Waals surface area contributed by atoms with E-state index in [0.29, 0.717) is 18.4 Å². The number of hydrogen-bond donors (Lipinski definition) is 1. The molecule has 1 aromatic carbocycles. The first kappa shape index (κ1) is 19.7. The number of amides is 1. The number of oxazole rings is 1. The fourth-order valence-electron chi connectivity index (χ4n) is 3.81. The maximum absolute atomic E-state index is 12.2. The van der Waals surface area contributed by atoms with Gasteiger partial charge in [-0.1, -0.05) is 44.7 Å². The molecule has 1 aliphatic carbocycles. The van der Waals surface area contributed by atoms with Crippen molar-refractivity contribution in [1.29, 1.82) is 0 Å². The highest BCUT2D eigenvalue weighted by molar-refractivity contribution is 5.76. The molecule has 4 heteroatoms. The monoisotopic (exact) mass is 368 g/mol. The third-order valence-electron chi connectivity index (χ3n) is 5.54. The summed E-state index contributed by atoms with van der Waals surface area (Å²) in [6.07, 6.45) is 10.5. The van der Waals surface area contributed by atoms with Gasteiger partial charge in [0.2, 0.25) is 11.8 Å². The summed E-state index contributed by atoms with van der Waals surface area (Å²) in [4.78, 5) is 16.9. The van der Waals surface area contributed by atoms with Crippen molar-refractivity contribution in [2.75, 3.05) is 0 Å². The Morgan fingerprint density at radius 1 is 1.15 bits per heavy atom. The second kappa shape index (κ2) is 9.72. The van der Waals surface area contributed by atoms with E-state index in [2.05, 4.69) is 41.5 Å². The molecule has 0 saturated heterocycles. The van der Waals surface area contributed by atoms with Crippen molar-refractivity contribution in [2.45, 2.75) is 84.1 Å². The molecule has 0 spiro atoms. The van der Waals surface area contributed by atoms with Crippen molar-refractivity contribution in [3.8, 4) is 11.5 Å². The van der Waals surface area contributed by atoms with E-state index in [1.54, 1.807) is 0 Å². The van der Waals surface area contributed by atoms with Gasteiger partial charge in [0.1, 0.15) is 5.76 Å². The SMILES string of the molecule is CCc1ccc(-c2nc(CCCC(=O)NC3CCCCCC3)c(C)o2)cc1. The van der Waals surface area contributed by atoms with E-state index in [4.69, 9.17) is 4.42 Å². The fourth-order valence-corrected chi connectivity index (χ4v) is 3.81. The molecule has 2 aromatic rings. The predicted molar refractivity (Wildman–Crippen MR) is 109 cm³/mol. The third kappa shape index (κ3) is 5.69. The number of benzene rings is 1. The molecule has 0 atom stereocenters. The van der Waals surface area contributed by atoms with Gasteiger partial charge in [0.25, 0.3) is 0 Å². The highest BCUT2D eigenvalue weighted by Crippen LogP contribution is 2.23. The molecule has 0 radical (unpaired) electrons. The van der Waals surface area contributed by atoms with Gasteiger partial charge in [0.15, 0.2) is 0 Å². The second-order valence-electron chi connectivity index (χ2n) is 7.68. The molecule has 0 unspecified atom stereocenters. The molecule has 1 fully saturated rings. The number of hydrogen-bond acceptors (Lipinski definition) is 3. The van der Waals surface area contributed by atoms with Crippen molar-refractivity contribution < 1.29 is 9.21 Å². The van der Waals surface area contributed by atoms with Gasteiger partial charge < -0.3 is 9.73 Å². The van der Waals surface area contributed by atoms with Crippen LogP contribution in [0.2, 0.25) is 0 Å². The van der Waals surface area contributed by atoms with Gasteiger partial charge in [0.05, 0.1) is 5.69 Å². The van der Waals surface area contributed by atoms with Crippen LogP contribution in [0.1, 0.15) is 75.3 Å². The molecule has 1 N–H and O–H groups in total. The smallest absolute Gasteiger partial charge is 0.226 e.